The SMILES string of the molecule is COc1cc(C(C)C)c(Cl)c(C2(C(C)N)CC2)c1OC. The monoisotopic (exact) mass is 297 g/mol. The molecule has 112 valence electrons. The largest absolute Gasteiger partial charge is 0.493 e. The van der Waals surface area contributed by atoms with Crippen molar-refractivity contribution in [3.8, 4) is 11.5 Å². The Balaban J connectivity index is 2.73. The van der Waals surface area contributed by atoms with Gasteiger partial charge in [0, 0.05) is 17.0 Å². The van der Waals surface area contributed by atoms with Gasteiger partial charge >= 0.3 is 0 Å². The second-order valence-electron chi connectivity index (χ2n) is 5.99. The molecule has 0 aromatic heterocycles. The summed E-state index contributed by atoms with van der Waals surface area (Å²) >= 11 is 6.69. The summed E-state index contributed by atoms with van der Waals surface area (Å²) in [5.41, 5.74) is 8.27. The minimum absolute atomic E-state index is 0.0426. The summed E-state index contributed by atoms with van der Waals surface area (Å²) in [5, 5.41) is 0.785. The third kappa shape index (κ3) is 2.27. The molecule has 1 unspecified atom stereocenters. The second-order valence-corrected chi connectivity index (χ2v) is 6.37. The molecule has 1 aromatic rings. The Bertz CT molecular complexity index is 508. The molecule has 0 heterocycles. The van der Waals surface area contributed by atoms with Crippen LogP contribution in [0.25, 0.3) is 0 Å². The number of hydrogen-bond donors (Lipinski definition) is 1. The molecule has 0 radical (unpaired) electrons. The van der Waals surface area contributed by atoms with Crippen molar-refractivity contribution < 1.29 is 9.47 Å². The third-order valence-electron chi connectivity index (χ3n) is 4.41. The molecule has 4 heteroatoms. The van der Waals surface area contributed by atoms with Crippen molar-refractivity contribution in [1.29, 1.82) is 0 Å². The van der Waals surface area contributed by atoms with Gasteiger partial charge < -0.3 is 15.2 Å². The highest BCUT2D eigenvalue weighted by molar-refractivity contribution is 6.32. The Hall–Kier alpha value is -0.930. The van der Waals surface area contributed by atoms with Crippen LogP contribution in [-0.4, -0.2) is 20.3 Å². The number of methoxy groups -OCH3 is 2. The van der Waals surface area contributed by atoms with Crippen LogP contribution in [0.4, 0.5) is 0 Å². The van der Waals surface area contributed by atoms with E-state index in [2.05, 4.69) is 13.8 Å². The van der Waals surface area contributed by atoms with Crippen LogP contribution in [0.15, 0.2) is 6.07 Å². The standard InChI is InChI=1S/C16H24ClNO2/c1-9(2)11-8-12(19-4)15(20-5)13(14(11)17)16(6-7-16)10(3)18/h8-10H,6-7,18H2,1-5H3. The summed E-state index contributed by atoms with van der Waals surface area (Å²) in [4.78, 5) is 0. The van der Waals surface area contributed by atoms with Gasteiger partial charge in [-0.05, 0) is 37.3 Å². The van der Waals surface area contributed by atoms with Gasteiger partial charge in [0.1, 0.15) is 0 Å². The quantitative estimate of drug-likeness (QED) is 0.897. The highest BCUT2D eigenvalue weighted by Crippen LogP contribution is 2.58. The minimum Gasteiger partial charge on any atom is -0.493 e. The number of rotatable bonds is 5. The average molecular weight is 298 g/mol. The van der Waals surface area contributed by atoms with E-state index in [0.717, 1.165) is 40.5 Å². The topological polar surface area (TPSA) is 44.5 Å². The van der Waals surface area contributed by atoms with Gasteiger partial charge in [0.15, 0.2) is 11.5 Å². The van der Waals surface area contributed by atoms with Crippen LogP contribution in [-0.2, 0) is 5.41 Å². The van der Waals surface area contributed by atoms with Crippen molar-refractivity contribution in [2.75, 3.05) is 14.2 Å². The molecular weight excluding hydrogens is 274 g/mol. The third-order valence-corrected chi connectivity index (χ3v) is 4.82. The molecule has 0 aliphatic heterocycles. The van der Waals surface area contributed by atoms with E-state index < -0.39 is 0 Å². The zero-order valence-corrected chi connectivity index (χ0v) is 13.7. The molecule has 1 saturated carbocycles. The van der Waals surface area contributed by atoms with Crippen molar-refractivity contribution in [1.82, 2.24) is 0 Å². The smallest absolute Gasteiger partial charge is 0.166 e. The van der Waals surface area contributed by atoms with E-state index in [4.69, 9.17) is 26.8 Å². The van der Waals surface area contributed by atoms with Gasteiger partial charge in [0.05, 0.1) is 19.2 Å². The molecule has 1 aromatic carbocycles. The van der Waals surface area contributed by atoms with Gasteiger partial charge in [-0.2, -0.15) is 0 Å². The van der Waals surface area contributed by atoms with E-state index in [9.17, 15) is 0 Å². The van der Waals surface area contributed by atoms with Gasteiger partial charge in [-0.3, -0.25) is 0 Å². The molecule has 1 aliphatic rings. The maximum absolute atomic E-state index is 6.69. The summed E-state index contributed by atoms with van der Waals surface area (Å²) in [5.74, 6) is 1.80. The lowest BCUT2D eigenvalue weighted by Crippen LogP contribution is -2.32. The number of ether oxygens (including phenoxy) is 2. The van der Waals surface area contributed by atoms with Crippen LogP contribution >= 0.6 is 11.6 Å². The molecule has 3 nitrogen and oxygen atoms in total. The van der Waals surface area contributed by atoms with E-state index >= 15 is 0 Å². The van der Waals surface area contributed by atoms with Crippen molar-refractivity contribution in [2.24, 2.45) is 5.73 Å². The molecule has 0 spiro atoms. The van der Waals surface area contributed by atoms with Gasteiger partial charge in [-0.15, -0.1) is 0 Å². The minimum atomic E-state index is -0.0688. The Labute approximate surface area is 126 Å². The first-order chi connectivity index (χ1) is 9.39. The fraction of sp³-hybridized carbons (Fsp3) is 0.625. The zero-order valence-electron chi connectivity index (χ0n) is 12.9. The predicted octanol–water partition coefficient (Wildman–Crippen LogP) is 3.86. The highest BCUT2D eigenvalue weighted by atomic mass is 35.5. The van der Waals surface area contributed by atoms with Gasteiger partial charge in [0.2, 0.25) is 0 Å². The molecular formula is C16H24ClNO2. The first-order valence-corrected chi connectivity index (χ1v) is 7.47. The van der Waals surface area contributed by atoms with Crippen LogP contribution in [0.3, 0.4) is 0 Å². The van der Waals surface area contributed by atoms with Crippen molar-refractivity contribution >= 4 is 11.6 Å². The number of hydrogen-bond acceptors (Lipinski definition) is 3. The second kappa shape index (κ2) is 5.45. The first kappa shape index (κ1) is 15.5. The summed E-state index contributed by atoms with van der Waals surface area (Å²) in [6.07, 6.45) is 2.09. The maximum Gasteiger partial charge on any atom is 0.166 e. The van der Waals surface area contributed by atoms with Gasteiger partial charge in [0.25, 0.3) is 0 Å². The fourth-order valence-electron chi connectivity index (χ4n) is 2.92. The normalized spacial score (nSPS) is 18.0. The number of benzene rings is 1. The Morgan fingerprint density at radius 3 is 2.15 bits per heavy atom. The molecule has 20 heavy (non-hydrogen) atoms. The maximum atomic E-state index is 6.69. The first-order valence-electron chi connectivity index (χ1n) is 7.09. The Kier molecular flexibility index (Phi) is 4.22. The van der Waals surface area contributed by atoms with Crippen LogP contribution in [0.5, 0.6) is 11.5 Å². The highest BCUT2D eigenvalue weighted by Gasteiger charge is 2.51. The number of halogens is 1. The van der Waals surface area contributed by atoms with Crippen molar-refractivity contribution in [3.63, 3.8) is 0 Å². The molecule has 0 saturated heterocycles. The molecule has 2 N–H and O–H groups in total. The van der Waals surface area contributed by atoms with Crippen LogP contribution in [0.1, 0.15) is 50.7 Å². The molecule has 0 amide bonds. The summed E-state index contributed by atoms with van der Waals surface area (Å²) in [6.45, 7) is 6.29. The number of nitrogens with two attached hydrogens (primary N) is 1. The van der Waals surface area contributed by atoms with Crippen molar-refractivity contribution in [3.05, 3.63) is 22.2 Å². The van der Waals surface area contributed by atoms with Gasteiger partial charge in [-0.25, -0.2) is 0 Å². The lowest BCUT2D eigenvalue weighted by Gasteiger charge is -2.27. The van der Waals surface area contributed by atoms with Crippen LogP contribution < -0.4 is 15.2 Å². The Morgan fingerprint density at radius 2 is 1.80 bits per heavy atom. The van der Waals surface area contributed by atoms with Crippen molar-refractivity contribution in [2.45, 2.75) is 51.0 Å². The zero-order chi connectivity index (χ0) is 15.1. The van der Waals surface area contributed by atoms with E-state index in [1.165, 1.54) is 0 Å². The predicted molar refractivity (Wildman–Crippen MR) is 83.2 cm³/mol. The average Bonchev–Trinajstić information content (AvgIpc) is 3.18. The summed E-state index contributed by atoms with van der Waals surface area (Å²) in [7, 11) is 3.31. The molecule has 1 fully saturated rings. The fourth-order valence-corrected chi connectivity index (χ4v) is 3.47. The van der Waals surface area contributed by atoms with E-state index in [-0.39, 0.29) is 11.5 Å². The van der Waals surface area contributed by atoms with E-state index in [1.807, 2.05) is 13.0 Å². The molecule has 0 bridgehead atoms. The molecule has 1 atom stereocenters. The van der Waals surface area contributed by atoms with E-state index in [0.29, 0.717) is 5.92 Å². The lowest BCUT2D eigenvalue weighted by molar-refractivity contribution is 0.345. The van der Waals surface area contributed by atoms with E-state index in [1.54, 1.807) is 14.2 Å². The lowest BCUT2D eigenvalue weighted by atomic mass is 9.85. The summed E-state index contributed by atoms with van der Waals surface area (Å²) < 4.78 is 11.1. The van der Waals surface area contributed by atoms with Gasteiger partial charge in [-0.1, -0.05) is 25.4 Å². The molecule has 2 rings (SSSR count). The molecule has 1 aliphatic carbocycles. The van der Waals surface area contributed by atoms with Crippen LogP contribution in [0, 0.1) is 0 Å². The Morgan fingerprint density at radius 1 is 1.20 bits per heavy atom. The van der Waals surface area contributed by atoms with Crippen LogP contribution in [0.2, 0.25) is 5.02 Å². The summed E-state index contributed by atoms with van der Waals surface area (Å²) in [6, 6.07) is 2.02.